The Kier molecular flexibility index (Phi) is 2.94. The third-order valence-corrected chi connectivity index (χ3v) is 2.03. The summed E-state index contributed by atoms with van der Waals surface area (Å²) >= 11 is 1.71. The minimum Gasteiger partial charge on any atom is -0.245 e. The molecule has 0 amide bonds. The molecule has 1 heterocycles. The van der Waals surface area contributed by atoms with E-state index in [-0.39, 0.29) is 0 Å². The zero-order valence-electron chi connectivity index (χ0n) is 6.24. The Morgan fingerprint density at radius 3 is 3.18 bits per heavy atom. The van der Waals surface area contributed by atoms with Crippen LogP contribution < -0.4 is 0 Å². The summed E-state index contributed by atoms with van der Waals surface area (Å²) in [5.74, 6) is 1.02. The quantitative estimate of drug-likeness (QED) is 0.628. The lowest BCUT2D eigenvalue weighted by molar-refractivity contribution is 1.21. The van der Waals surface area contributed by atoms with Crippen LogP contribution in [0.4, 0.5) is 0 Å². The number of nitrogens with zero attached hydrogens (tertiary/aromatic N) is 2. The summed E-state index contributed by atoms with van der Waals surface area (Å²) in [7, 11) is 0. The SMILES string of the molecule is CCSc1ccnc(C#N)c1. The zero-order chi connectivity index (χ0) is 8.10. The molecule has 0 aliphatic carbocycles. The number of aromatic nitrogens is 1. The van der Waals surface area contributed by atoms with Gasteiger partial charge in [0.2, 0.25) is 0 Å². The molecular formula is C8H8N2S. The van der Waals surface area contributed by atoms with Gasteiger partial charge in [0.15, 0.2) is 0 Å². The van der Waals surface area contributed by atoms with E-state index in [4.69, 9.17) is 5.26 Å². The summed E-state index contributed by atoms with van der Waals surface area (Å²) in [6, 6.07) is 5.71. The van der Waals surface area contributed by atoms with Crippen molar-refractivity contribution in [3.05, 3.63) is 24.0 Å². The molecule has 1 rings (SSSR count). The normalized spacial score (nSPS) is 9.09. The maximum Gasteiger partial charge on any atom is 0.141 e. The van der Waals surface area contributed by atoms with E-state index in [1.165, 1.54) is 0 Å². The van der Waals surface area contributed by atoms with Crippen molar-refractivity contribution in [1.82, 2.24) is 4.98 Å². The smallest absolute Gasteiger partial charge is 0.141 e. The Morgan fingerprint density at radius 1 is 1.73 bits per heavy atom. The fourth-order valence-electron chi connectivity index (χ4n) is 0.729. The first kappa shape index (κ1) is 8.09. The molecule has 0 atom stereocenters. The van der Waals surface area contributed by atoms with Crippen LogP contribution in [0.15, 0.2) is 23.2 Å². The van der Waals surface area contributed by atoms with Crippen LogP contribution in [-0.4, -0.2) is 10.7 Å². The van der Waals surface area contributed by atoms with Crippen molar-refractivity contribution in [1.29, 1.82) is 5.26 Å². The molecule has 0 aromatic carbocycles. The molecule has 1 aromatic rings. The highest BCUT2D eigenvalue weighted by molar-refractivity contribution is 7.99. The second-order valence-electron chi connectivity index (χ2n) is 1.92. The number of thioether (sulfide) groups is 1. The van der Waals surface area contributed by atoms with Gasteiger partial charge in [0.1, 0.15) is 11.8 Å². The van der Waals surface area contributed by atoms with Crippen LogP contribution in [0, 0.1) is 11.3 Å². The van der Waals surface area contributed by atoms with Gasteiger partial charge in [-0.25, -0.2) is 4.98 Å². The average molecular weight is 164 g/mol. The second kappa shape index (κ2) is 3.99. The molecule has 11 heavy (non-hydrogen) atoms. The van der Waals surface area contributed by atoms with Crippen LogP contribution in [0.5, 0.6) is 0 Å². The highest BCUT2D eigenvalue weighted by Crippen LogP contribution is 2.16. The molecule has 3 heteroatoms. The topological polar surface area (TPSA) is 36.7 Å². The van der Waals surface area contributed by atoms with Gasteiger partial charge < -0.3 is 0 Å². The Hall–Kier alpha value is -1.01. The maximum absolute atomic E-state index is 8.51. The van der Waals surface area contributed by atoms with Crippen molar-refractivity contribution in [2.45, 2.75) is 11.8 Å². The maximum atomic E-state index is 8.51. The van der Waals surface area contributed by atoms with E-state index in [9.17, 15) is 0 Å². The molecule has 0 bridgehead atoms. The number of nitriles is 1. The molecule has 0 N–H and O–H groups in total. The van der Waals surface area contributed by atoms with Crippen molar-refractivity contribution < 1.29 is 0 Å². The van der Waals surface area contributed by atoms with E-state index in [0.717, 1.165) is 10.6 Å². The van der Waals surface area contributed by atoms with E-state index < -0.39 is 0 Å². The molecule has 1 aromatic heterocycles. The van der Waals surface area contributed by atoms with Gasteiger partial charge in [-0.05, 0) is 17.9 Å². The first-order chi connectivity index (χ1) is 5.36. The second-order valence-corrected chi connectivity index (χ2v) is 3.26. The van der Waals surface area contributed by atoms with Crippen LogP contribution >= 0.6 is 11.8 Å². The third kappa shape index (κ3) is 2.24. The van der Waals surface area contributed by atoms with Crippen molar-refractivity contribution in [2.75, 3.05) is 5.75 Å². The van der Waals surface area contributed by atoms with Crippen LogP contribution in [-0.2, 0) is 0 Å². The minimum absolute atomic E-state index is 0.489. The Labute approximate surface area is 70.3 Å². The van der Waals surface area contributed by atoms with Crippen LogP contribution in [0.25, 0.3) is 0 Å². The summed E-state index contributed by atoms with van der Waals surface area (Å²) in [6.07, 6.45) is 1.66. The fourth-order valence-corrected chi connectivity index (χ4v) is 1.41. The molecule has 0 saturated carbocycles. The van der Waals surface area contributed by atoms with Gasteiger partial charge in [-0.1, -0.05) is 6.92 Å². The van der Waals surface area contributed by atoms with E-state index in [0.29, 0.717) is 5.69 Å². The molecular weight excluding hydrogens is 156 g/mol. The fraction of sp³-hybridized carbons (Fsp3) is 0.250. The van der Waals surface area contributed by atoms with Gasteiger partial charge in [-0.3, -0.25) is 0 Å². The van der Waals surface area contributed by atoms with Crippen molar-refractivity contribution >= 4 is 11.8 Å². The van der Waals surface area contributed by atoms with E-state index in [1.807, 2.05) is 12.1 Å². The monoisotopic (exact) mass is 164 g/mol. The van der Waals surface area contributed by atoms with Crippen molar-refractivity contribution in [2.24, 2.45) is 0 Å². The number of hydrogen-bond donors (Lipinski definition) is 0. The van der Waals surface area contributed by atoms with E-state index in [1.54, 1.807) is 24.0 Å². The highest BCUT2D eigenvalue weighted by atomic mass is 32.2. The predicted octanol–water partition coefficient (Wildman–Crippen LogP) is 2.07. The lowest BCUT2D eigenvalue weighted by Gasteiger charge is -1.95. The zero-order valence-corrected chi connectivity index (χ0v) is 7.06. The molecule has 0 aliphatic rings. The van der Waals surface area contributed by atoms with Gasteiger partial charge in [-0.2, -0.15) is 5.26 Å². The third-order valence-electron chi connectivity index (χ3n) is 1.16. The number of pyridine rings is 1. The standard InChI is InChI=1S/C8H8N2S/c1-2-11-8-3-4-10-7(5-8)6-9/h3-5H,2H2,1H3. The van der Waals surface area contributed by atoms with E-state index >= 15 is 0 Å². The van der Waals surface area contributed by atoms with E-state index in [2.05, 4.69) is 11.9 Å². The number of hydrogen-bond acceptors (Lipinski definition) is 3. The Morgan fingerprint density at radius 2 is 2.55 bits per heavy atom. The van der Waals surface area contributed by atoms with Gasteiger partial charge in [-0.15, -0.1) is 11.8 Å². The first-order valence-electron chi connectivity index (χ1n) is 3.35. The molecule has 0 spiro atoms. The minimum atomic E-state index is 0.489. The summed E-state index contributed by atoms with van der Waals surface area (Å²) in [4.78, 5) is 4.98. The summed E-state index contributed by atoms with van der Waals surface area (Å²) in [5, 5.41) is 8.51. The molecule has 0 saturated heterocycles. The highest BCUT2D eigenvalue weighted by Gasteiger charge is 1.93. The van der Waals surface area contributed by atoms with Gasteiger partial charge in [0.05, 0.1) is 0 Å². The van der Waals surface area contributed by atoms with Gasteiger partial charge >= 0.3 is 0 Å². The lowest BCUT2D eigenvalue weighted by atomic mass is 10.4. The Bertz CT molecular complexity index is 278. The first-order valence-corrected chi connectivity index (χ1v) is 4.34. The van der Waals surface area contributed by atoms with Crippen molar-refractivity contribution in [3.8, 4) is 6.07 Å². The molecule has 0 aliphatic heterocycles. The molecule has 0 fully saturated rings. The number of rotatable bonds is 2. The van der Waals surface area contributed by atoms with Crippen LogP contribution in [0.1, 0.15) is 12.6 Å². The molecule has 0 radical (unpaired) electrons. The molecule has 0 unspecified atom stereocenters. The molecule has 56 valence electrons. The summed E-state index contributed by atoms with van der Waals surface area (Å²) < 4.78 is 0. The van der Waals surface area contributed by atoms with Gasteiger partial charge in [0.25, 0.3) is 0 Å². The lowest BCUT2D eigenvalue weighted by Crippen LogP contribution is -1.81. The summed E-state index contributed by atoms with van der Waals surface area (Å²) in [5.41, 5.74) is 0.489. The van der Waals surface area contributed by atoms with Gasteiger partial charge in [0, 0.05) is 11.1 Å². The largest absolute Gasteiger partial charge is 0.245 e. The van der Waals surface area contributed by atoms with Crippen LogP contribution in [0.3, 0.4) is 0 Å². The van der Waals surface area contributed by atoms with Crippen LogP contribution in [0.2, 0.25) is 0 Å². The van der Waals surface area contributed by atoms with Crippen molar-refractivity contribution in [3.63, 3.8) is 0 Å². The predicted molar refractivity (Wildman–Crippen MR) is 45.4 cm³/mol. The Balaban J connectivity index is 2.85. The summed E-state index contributed by atoms with van der Waals surface area (Å²) in [6.45, 7) is 2.08. The average Bonchev–Trinajstić information content (AvgIpc) is 2.06. The molecule has 2 nitrogen and oxygen atoms in total.